The molecular weight excluding hydrogens is 356 g/mol. The fraction of sp³-hybridized carbons (Fsp3) is 0.435. The third kappa shape index (κ3) is 5.29. The number of thioether (sulfide) groups is 1. The quantitative estimate of drug-likeness (QED) is 0.672. The molecule has 0 aliphatic heterocycles. The second-order valence-corrected chi connectivity index (χ2v) is 10.1. The zero-order valence-electron chi connectivity index (χ0n) is 17.0. The van der Waals surface area contributed by atoms with Gasteiger partial charge in [-0.1, -0.05) is 84.0 Å². The molecule has 0 saturated heterocycles. The van der Waals surface area contributed by atoms with Crippen molar-refractivity contribution in [1.29, 1.82) is 0 Å². The monoisotopic (exact) mass is 386 g/mol. The lowest BCUT2D eigenvalue weighted by molar-refractivity contribution is -0.133. The van der Waals surface area contributed by atoms with Crippen molar-refractivity contribution in [2.24, 2.45) is 0 Å². The number of carboxylic acid groups (broad SMARTS) is 1. The van der Waals surface area contributed by atoms with E-state index in [-0.39, 0.29) is 21.8 Å². The minimum absolute atomic E-state index is 0.0239. The zero-order chi connectivity index (χ0) is 20.4. The summed E-state index contributed by atoms with van der Waals surface area (Å²) in [5, 5.41) is 20.1. The van der Waals surface area contributed by atoms with Gasteiger partial charge in [0.15, 0.2) is 0 Å². The number of rotatable bonds is 5. The lowest BCUT2D eigenvalue weighted by atomic mass is 9.78. The molecule has 0 amide bonds. The Bertz CT molecular complexity index is 764. The van der Waals surface area contributed by atoms with Gasteiger partial charge in [-0.3, -0.25) is 4.79 Å². The van der Waals surface area contributed by atoms with E-state index in [0.717, 1.165) is 22.3 Å². The number of aliphatic carboxylic acids is 1. The highest BCUT2D eigenvalue weighted by molar-refractivity contribution is 8.00. The van der Waals surface area contributed by atoms with E-state index in [0.29, 0.717) is 5.75 Å². The van der Waals surface area contributed by atoms with Crippen molar-refractivity contribution in [2.45, 2.75) is 57.6 Å². The van der Waals surface area contributed by atoms with Crippen LogP contribution < -0.4 is 0 Å². The van der Waals surface area contributed by atoms with Gasteiger partial charge in [-0.15, -0.1) is 11.8 Å². The third-order valence-corrected chi connectivity index (χ3v) is 5.82. The summed E-state index contributed by atoms with van der Waals surface area (Å²) in [5.41, 5.74) is 3.43. The molecule has 2 N–H and O–H groups in total. The van der Waals surface area contributed by atoms with Crippen LogP contribution in [0.15, 0.2) is 42.5 Å². The molecule has 146 valence electrons. The molecule has 0 aliphatic rings. The van der Waals surface area contributed by atoms with Crippen molar-refractivity contribution in [3.8, 4) is 5.75 Å². The number of phenolic OH excluding ortho intramolecular Hbond substituents is 1. The second-order valence-electron chi connectivity index (χ2n) is 8.96. The van der Waals surface area contributed by atoms with E-state index in [9.17, 15) is 15.0 Å². The summed E-state index contributed by atoms with van der Waals surface area (Å²) < 4.78 is 0. The van der Waals surface area contributed by atoms with Crippen LogP contribution in [0.2, 0.25) is 0 Å². The van der Waals surface area contributed by atoms with Crippen LogP contribution in [0.25, 0.3) is 0 Å². The van der Waals surface area contributed by atoms with E-state index < -0.39 is 5.97 Å². The van der Waals surface area contributed by atoms with Gasteiger partial charge in [-0.05, 0) is 33.1 Å². The van der Waals surface area contributed by atoms with Crippen LogP contribution in [-0.4, -0.2) is 21.9 Å². The average Bonchev–Trinajstić information content (AvgIpc) is 2.54. The van der Waals surface area contributed by atoms with Crippen LogP contribution in [0.1, 0.15) is 69.0 Å². The van der Waals surface area contributed by atoms with Crippen LogP contribution in [0.4, 0.5) is 0 Å². The molecule has 0 radical (unpaired) electrons. The normalized spacial score (nSPS) is 13.4. The van der Waals surface area contributed by atoms with Gasteiger partial charge in [0.1, 0.15) is 5.75 Å². The first kappa shape index (κ1) is 21.4. The number of phenols is 1. The van der Waals surface area contributed by atoms with Crippen molar-refractivity contribution < 1.29 is 15.0 Å². The predicted molar refractivity (Wildman–Crippen MR) is 114 cm³/mol. The number of aromatic hydroxyl groups is 1. The molecule has 0 fully saturated rings. The summed E-state index contributed by atoms with van der Waals surface area (Å²) in [4.78, 5) is 11.2. The number of hydrogen-bond donors (Lipinski definition) is 2. The van der Waals surface area contributed by atoms with Gasteiger partial charge >= 0.3 is 5.97 Å². The lowest BCUT2D eigenvalue weighted by Crippen LogP contribution is -2.18. The predicted octanol–water partition coefficient (Wildman–Crippen LogP) is 5.89. The van der Waals surface area contributed by atoms with E-state index >= 15 is 0 Å². The highest BCUT2D eigenvalue weighted by Crippen LogP contribution is 2.44. The molecular formula is C23H30O3S. The Morgan fingerprint density at radius 3 is 1.81 bits per heavy atom. The van der Waals surface area contributed by atoms with Crippen molar-refractivity contribution in [3.63, 3.8) is 0 Å². The Morgan fingerprint density at radius 2 is 1.41 bits per heavy atom. The Balaban J connectivity index is 2.69. The van der Waals surface area contributed by atoms with Crippen LogP contribution in [-0.2, 0) is 15.6 Å². The third-order valence-electron chi connectivity index (χ3n) is 4.53. The molecule has 2 rings (SSSR count). The highest BCUT2D eigenvalue weighted by Gasteiger charge is 2.29. The topological polar surface area (TPSA) is 57.5 Å². The van der Waals surface area contributed by atoms with Crippen molar-refractivity contribution >= 4 is 17.7 Å². The maximum Gasteiger partial charge on any atom is 0.313 e. The standard InChI is InChI=1S/C23H30O3S/c1-22(2,3)17-12-16(13-18(20(17)26)23(4,5)6)21(27-14-19(24)25)15-10-8-7-9-11-15/h7-13,21,26H,14H2,1-6H3,(H,24,25). The molecule has 27 heavy (non-hydrogen) atoms. The Kier molecular flexibility index (Phi) is 6.31. The minimum Gasteiger partial charge on any atom is -0.507 e. The fourth-order valence-corrected chi connectivity index (χ4v) is 4.11. The van der Waals surface area contributed by atoms with Crippen LogP contribution in [0.5, 0.6) is 5.75 Å². The highest BCUT2D eigenvalue weighted by atomic mass is 32.2. The largest absolute Gasteiger partial charge is 0.507 e. The molecule has 3 nitrogen and oxygen atoms in total. The SMILES string of the molecule is CC(C)(C)c1cc(C(SCC(=O)O)c2ccccc2)cc(C(C)(C)C)c1O. The van der Waals surface area contributed by atoms with E-state index in [1.54, 1.807) is 0 Å². The number of hydrogen-bond acceptors (Lipinski definition) is 3. The molecule has 2 aromatic rings. The number of benzene rings is 2. The average molecular weight is 387 g/mol. The minimum atomic E-state index is -0.827. The van der Waals surface area contributed by atoms with Gasteiger partial charge < -0.3 is 10.2 Å². The summed E-state index contributed by atoms with van der Waals surface area (Å²) in [6.07, 6.45) is 0. The van der Waals surface area contributed by atoms with Gasteiger partial charge in [0.25, 0.3) is 0 Å². The Morgan fingerprint density at radius 1 is 0.926 bits per heavy atom. The Hall–Kier alpha value is -1.94. The van der Waals surface area contributed by atoms with Crippen molar-refractivity contribution in [2.75, 3.05) is 5.75 Å². The Labute approximate surface area is 166 Å². The molecule has 1 atom stereocenters. The summed E-state index contributed by atoms with van der Waals surface area (Å²) >= 11 is 1.40. The fourth-order valence-electron chi connectivity index (χ4n) is 3.12. The molecule has 0 aromatic heterocycles. The molecule has 4 heteroatoms. The van der Waals surface area contributed by atoms with Gasteiger partial charge in [-0.25, -0.2) is 0 Å². The first-order valence-corrected chi connectivity index (χ1v) is 10.2. The number of carboxylic acids is 1. The van der Waals surface area contributed by atoms with E-state index in [1.165, 1.54) is 11.8 Å². The first-order valence-electron chi connectivity index (χ1n) is 9.17. The van der Waals surface area contributed by atoms with Gasteiger partial charge in [0, 0.05) is 0 Å². The molecule has 0 spiro atoms. The molecule has 0 saturated carbocycles. The van der Waals surface area contributed by atoms with Crippen LogP contribution >= 0.6 is 11.8 Å². The summed E-state index contributed by atoms with van der Waals surface area (Å²) in [6, 6.07) is 14.0. The summed E-state index contributed by atoms with van der Waals surface area (Å²) in [7, 11) is 0. The second kappa shape index (κ2) is 7.97. The maximum absolute atomic E-state index is 11.2. The molecule has 1 unspecified atom stereocenters. The molecule has 0 aliphatic carbocycles. The van der Waals surface area contributed by atoms with Crippen molar-refractivity contribution in [3.05, 3.63) is 64.7 Å². The molecule has 0 bridgehead atoms. The first-order chi connectivity index (χ1) is 12.4. The van der Waals surface area contributed by atoms with Crippen LogP contribution in [0.3, 0.4) is 0 Å². The smallest absolute Gasteiger partial charge is 0.313 e. The molecule has 0 heterocycles. The van der Waals surface area contributed by atoms with E-state index in [4.69, 9.17) is 0 Å². The maximum atomic E-state index is 11.2. The van der Waals surface area contributed by atoms with Crippen molar-refractivity contribution in [1.82, 2.24) is 0 Å². The molecule has 2 aromatic carbocycles. The number of carbonyl (C=O) groups is 1. The van der Waals surface area contributed by atoms with Gasteiger partial charge in [0.2, 0.25) is 0 Å². The van der Waals surface area contributed by atoms with E-state index in [1.807, 2.05) is 42.5 Å². The summed E-state index contributed by atoms with van der Waals surface area (Å²) in [6.45, 7) is 12.5. The van der Waals surface area contributed by atoms with Gasteiger partial charge in [0.05, 0.1) is 11.0 Å². The van der Waals surface area contributed by atoms with Gasteiger partial charge in [-0.2, -0.15) is 0 Å². The summed E-state index contributed by atoms with van der Waals surface area (Å²) in [5.74, 6) is -0.462. The van der Waals surface area contributed by atoms with E-state index in [2.05, 4.69) is 41.5 Å². The van der Waals surface area contributed by atoms with Crippen LogP contribution in [0, 0.1) is 0 Å². The zero-order valence-corrected chi connectivity index (χ0v) is 17.9. The lowest BCUT2D eigenvalue weighted by Gasteiger charge is -2.30.